The van der Waals surface area contributed by atoms with Gasteiger partial charge in [-0.05, 0) is 43.3 Å². The van der Waals surface area contributed by atoms with Crippen molar-refractivity contribution in [2.24, 2.45) is 0 Å². The number of aliphatic hydroxyl groups is 1. The molecule has 1 unspecified atom stereocenters. The van der Waals surface area contributed by atoms with E-state index in [1.165, 1.54) is 6.26 Å². The third-order valence-corrected chi connectivity index (χ3v) is 2.92. The van der Waals surface area contributed by atoms with E-state index in [9.17, 15) is 9.90 Å². The van der Waals surface area contributed by atoms with Gasteiger partial charge in [-0.25, -0.2) is 4.79 Å². The van der Waals surface area contributed by atoms with Crippen LogP contribution in [-0.4, -0.2) is 17.7 Å². The molecular weight excluding hydrogens is 270 g/mol. The van der Waals surface area contributed by atoms with E-state index in [-0.39, 0.29) is 6.54 Å². The lowest BCUT2D eigenvalue weighted by Crippen LogP contribution is -2.40. The molecule has 1 atom stereocenters. The molecule has 0 spiro atoms. The Kier molecular flexibility index (Phi) is 4.26. The normalized spacial score (nSPS) is 13.0. The summed E-state index contributed by atoms with van der Waals surface area (Å²) in [4.78, 5) is 11.8. The van der Waals surface area contributed by atoms with Gasteiger partial charge < -0.3 is 20.2 Å². The van der Waals surface area contributed by atoms with Gasteiger partial charge >= 0.3 is 6.03 Å². The molecule has 0 aliphatic carbocycles. The number of carbonyl (C=O) groups excluding carboxylic acids is 1. The Morgan fingerprint density at radius 3 is 2.67 bits per heavy atom. The largest absolute Gasteiger partial charge is 0.466 e. The zero-order valence-corrected chi connectivity index (χ0v) is 11.5. The van der Waals surface area contributed by atoms with Gasteiger partial charge in [0.05, 0.1) is 24.4 Å². The lowest BCUT2D eigenvalue weighted by Gasteiger charge is -2.21. The Morgan fingerprint density at radius 1 is 1.38 bits per heavy atom. The maximum atomic E-state index is 11.8. The number of nitrogens with zero attached hydrogens (tertiary/aromatic N) is 1. The number of nitriles is 1. The number of rotatable bonds is 4. The van der Waals surface area contributed by atoms with Crippen molar-refractivity contribution >= 4 is 11.7 Å². The van der Waals surface area contributed by atoms with Gasteiger partial charge in [-0.1, -0.05) is 0 Å². The SMILES string of the molecule is CC(O)(CNC(=O)Nc1ccc(C#N)cc1)c1ccco1. The first-order valence-corrected chi connectivity index (χ1v) is 6.32. The van der Waals surface area contributed by atoms with E-state index in [1.807, 2.05) is 6.07 Å². The van der Waals surface area contributed by atoms with Crippen molar-refractivity contribution in [3.8, 4) is 6.07 Å². The molecule has 0 saturated heterocycles. The fourth-order valence-electron chi connectivity index (χ4n) is 1.73. The number of furan rings is 1. The first kappa shape index (κ1) is 14.6. The van der Waals surface area contributed by atoms with E-state index < -0.39 is 11.6 Å². The lowest BCUT2D eigenvalue weighted by atomic mass is 10.0. The third kappa shape index (κ3) is 3.84. The van der Waals surface area contributed by atoms with Crippen molar-refractivity contribution in [1.82, 2.24) is 5.32 Å². The molecule has 0 bridgehead atoms. The lowest BCUT2D eigenvalue weighted by molar-refractivity contribution is 0.0372. The highest BCUT2D eigenvalue weighted by atomic mass is 16.4. The Hall–Kier alpha value is -2.78. The van der Waals surface area contributed by atoms with Gasteiger partial charge in [0.25, 0.3) is 0 Å². The van der Waals surface area contributed by atoms with E-state index >= 15 is 0 Å². The molecule has 1 aromatic heterocycles. The summed E-state index contributed by atoms with van der Waals surface area (Å²) in [5, 5.41) is 24.0. The molecule has 0 radical (unpaired) electrons. The van der Waals surface area contributed by atoms with Crippen LogP contribution in [0.4, 0.5) is 10.5 Å². The molecular formula is C15H15N3O3. The zero-order chi connectivity index (χ0) is 15.3. The molecule has 1 aromatic carbocycles. The van der Waals surface area contributed by atoms with Crippen LogP contribution in [0, 0.1) is 11.3 Å². The quantitative estimate of drug-likeness (QED) is 0.801. The van der Waals surface area contributed by atoms with Crippen LogP contribution >= 0.6 is 0 Å². The second-order valence-corrected chi connectivity index (χ2v) is 4.75. The average molecular weight is 285 g/mol. The van der Waals surface area contributed by atoms with E-state index in [2.05, 4.69) is 10.6 Å². The summed E-state index contributed by atoms with van der Waals surface area (Å²) in [5.41, 5.74) is -0.211. The predicted molar refractivity (Wildman–Crippen MR) is 76.5 cm³/mol. The van der Waals surface area contributed by atoms with Crippen LogP contribution in [0.5, 0.6) is 0 Å². The number of hydrogen-bond acceptors (Lipinski definition) is 4. The van der Waals surface area contributed by atoms with Crippen LogP contribution in [0.3, 0.4) is 0 Å². The van der Waals surface area contributed by atoms with Gasteiger partial charge in [-0.15, -0.1) is 0 Å². The summed E-state index contributed by atoms with van der Waals surface area (Å²) in [6.07, 6.45) is 1.46. The van der Waals surface area contributed by atoms with Gasteiger partial charge in [0.15, 0.2) is 0 Å². The minimum Gasteiger partial charge on any atom is -0.466 e. The van der Waals surface area contributed by atoms with E-state index in [0.717, 1.165) is 0 Å². The zero-order valence-electron chi connectivity index (χ0n) is 11.5. The van der Waals surface area contributed by atoms with Crippen LogP contribution in [-0.2, 0) is 5.60 Å². The molecule has 2 rings (SSSR count). The molecule has 3 N–H and O–H groups in total. The molecule has 108 valence electrons. The fraction of sp³-hybridized carbons (Fsp3) is 0.200. The Labute approximate surface area is 122 Å². The van der Waals surface area contributed by atoms with Gasteiger partial charge in [0.1, 0.15) is 11.4 Å². The Bertz CT molecular complexity index is 640. The van der Waals surface area contributed by atoms with E-state index in [1.54, 1.807) is 43.3 Å². The fourth-order valence-corrected chi connectivity index (χ4v) is 1.73. The van der Waals surface area contributed by atoms with Gasteiger partial charge in [0, 0.05) is 5.69 Å². The van der Waals surface area contributed by atoms with Crippen molar-refractivity contribution in [2.45, 2.75) is 12.5 Å². The highest BCUT2D eigenvalue weighted by Gasteiger charge is 2.26. The van der Waals surface area contributed by atoms with Gasteiger partial charge in [-0.3, -0.25) is 0 Å². The number of nitrogens with one attached hydrogen (secondary N) is 2. The van der Waals surface area contributed by atoms with Gasteiger partial charge in [0.2, 0.25) is 0 Å². The number of benzene rings is 1. The number of amides is 2. The molecule has 21 heavy (non-hydrogen) atoms. The Morgan fingerprint density at radius 2 is 2.10 bits per heavy atom. The molecule has 2 amide bonds. The number of carbonyl (C=O) groups is 1. The molecule has 6 heteroatoms. The van der Waals surface area contributed by atoms with E-state index in [0.29, 0.717) is 17.0 Å². The smallest absolute Gasteiger partial charge is 0.319 e. The standard InChI is InChI=1S/C15H15N3O3/c1-15(20,13-3-2-8-21-13)10-17-14(19)18-12-6-4-11(9-16)5-7-12/h2-8,20H,10H2,1H3,(H2,17,18,19). The minimum atomic E-state index is -1.29. The van der Waals surface area contributed by atoms with Crippen LogP contribution < -0.4 is 10.6 Å². The second-order valence-electron chi connectivity index (χ2n) is 4.75. The molecule has 0 fully saturated rings. The molecule has 6 nitrogen and oxygen atoms in total. The summed E-state index contributed by atoms with van der Waals surface area (Å²) in [6.45, 7) is 1.55. The van der Waals surface area contributed by atoms with Crippen molar-refractivity contribution < 1.29 is 14.3 Å². The number of urea groups is 1. The summed E-state index contributed by atoms with van der Waals surface area (Å²) >= 11 is 0. The summed E-state index contributed by atoms with van der Waals surface area (Å²) < 4.78 is 5.12. The van der Waals surface area contributed by atoms with Crippen LogP contribution in [0.2, 0.25) is 0 Å². The number of hydrogen-bond donors (Lipinski definition) is 3. The summed E-state index contributed by atoms with van der Waals surface area (Å²) in [6, 6.07) is 11.3. The van der Waals surface area contributed by atoms with Crippen molar-refractivity contribution in [3.05, 3.63) is 54.0 Å². The average Bonchev–Trinajstić information content (AvgIpc) is 3.01. The van der Waals surface area contributed by atoms with Crippen LogP contribution in [0.25, 0.3) is 0 Å². The first-order chi connectivity index (χ1) is 10.0. The molecule has 0 aliphatic rings. The number of anilines is 1. The second kappa shape index (κ2) is 6.11. The molecule has 1 heterocycles. The van der Waals surface area contributed by atoms with E-state index in [4.69, 9.17) is 9.68 Å². The topological polar surface area (TPSA) is 98.3 Å². The molecule has 0 aliphatic heterocycles. The minimum absolute atomic E-state index is 0.00260. The monoisotopic (exact) mass is 285 g/mol. The van der Waals surface area contributed by atoms with Crippen molar-refractivity contribution in [1.29, 1.82) is 5.26 Å². The van der Waals surface area contributed by atoms with Crippen molar-refractivity contribution in [2.75, 3.05) is 11.9 Å². The summed E-state index contributed by atoms with van der Waals surface area (Å²) in [5.74, 6) is 0.376. The summed E-state index contributed by atoms with van der Waals surface area (Å²) in [7, 11) is 0. The first-order valence-electron chi connectivity index (χ1n) is 6.32. The van der Waals surface area contributed by atoms with Crippen LogP contribution in [0.15, 0.2) is 47.1 Å². The maximum Gasteiger partial charge on any atom is 0.319 e. The third-order valence-electron chi connectivity index (χ3n) is 2.92. The van der Waals surface area contributed by atoms with Gasteiger partial charge in [-0.2, -0.15) is 5.26 Å². The molecule has 2 aromatic rings. The van der Waals surface area contributed by atoms with Crippen LogP contribution in [0.1, 0.15) is 18.2 Å². The highest BCUT2D eigenvalue weighted by molar-refractivity contribution is 5.89. The van der Waals surface area contributed by atoms with Crippen molar-refractivity contribution in [3.63, 3.8) is 0 Å². The maximum absolute atomic E-state index is 11.8. The Balaban J connectivity index is 1.88. The highest BCUT2D eigenvalue weighted by Crippen LogP contribution is 2.19. The predicted octanol–water partition coefficient (Wildman–Crippen LogP) is 2.18. The molecule has 0 saturated carbocycles.